The number of Topliss-reactive ketones (excluding diaryl/α,β-unsaturated/α-hetero) is 1. The molecule has 2 heterocycles. The molecule has 1 aromatic carbocycles. The monoisotopic (exact) mass is 382 g/mol. The molecule has 3 nitrogen and oxygen atoms in total. The molecule has 0 radical (unpaired) electrons. The summed E-state index contributed by atoms with van der Waals surface area (Å²) in [7, 11) is 0. The minimum Gasteiger partial charge on any atom is -0.302 e. The zero-order valence-corrected chi connectivity index (χ0v) is 15.4. The normalized spacial score (nSPS) is 18.8. The van der Waals surface area contributed by atoms with Crippen LogP contribution in [0.15, 0.2) is 29.6 Å². The van der Waals surface area contributed by atoms with Crippen molar-refractivity contribution in [3.8, 4) is 0 Å². The van der Waals surface area contributed by atoms with Crippen molar-refractivity contribution in [3.05, 3.63) is 51.5 Å². The molecule has 26 heavy (non-hydrogen) atoms. The highest BCUT2D eigenvalue weighted by Crippen LogP contribution is 2.30. The van der Waals surface area contributed by atoms with Gasteiger partial charge in [0, 0.05) is 36.4 Å². The first-order valence-corrected chi connectivity index (χ1v) is 9.56. The second-order valence-corrected chi connectivity index (χ2v) is 7.75. The van der Waals surface area contributed by atoms with E-state index in [2.05, 4.69) is 9.88 Å². The van der Waals surface area contributed by atoms with Gasteiger partial charge >= 0.3 is 6.18 Å². The van der Waals surface area contributed by atoms with Crippen LogP contribution < -0.4 is 0 Å². The van der Waals surface area contributed by atoms with E-state index in [9.17, 15) is 18.0 Å². The molecule has 0 unspecified atom stereocenters. The quantitative estimate of drug-likeness (QED) is 0.708. The van der Waals surface area contributed by atoms with E-state index in [-0.39, 0.29) is 17.3 Å². The molecule has 140 valence electrons. The Hall–Kier alpha value is -1.73. The van der Waals surface area contributed by atoms with Gasteiger partial charge in [0.25, 0.3) is 0 Å². The minimum atomic E-state index is -4.43. The lowest BCUT2D eigenvalue weighted by molar-refractivity contribution is -0.137. The third kappa shape index (κ3) is 4.71. The highest BCUT2D eigenvalue weighted by atomic mass is 32.1. The molecule has 7 heteroatoms. The van der Waals surface area contributed by atoms with Gasteiger partial charge in [0.2, 0.25) is 0 Å². The zero-order chi connectivity index (χ0) is 18.7. The van der Waals surface area contributed by atoms with Crippen molar-refractivity contribution in [2.24, 2.45) is 5.92 Å². The summed E-state index contributed by atoms with van der Waals surface area (Å²) in [6, 6.07) is 4.76. The molecule has 1 fully saturated rings. The van der Waals surface area contributed by atoms with Gasteiger partial charge < -0.3 is 4.90 Å². The van der Waals surface area contributed by atoms with Crippen LogP contribution in [0.1, 0.15) is 39.5 Å². The number of nitrogens with zero attached hydrogens (tertiary/aromatic N) is 2. The summed E-state index contributed by atoms with van der Waals surface area (Å²) in [5.41, 5.74) is 0.440. The Bertz CT molecular complexity index is 772. The first-order chi connectivity index (χ1) is 12.3. The van der Waals surface area contributed by atoms with E-state index in [0.29, 0.717) is 6.54 Å². The number of aromatic nitrogens is 1. The summed E-state index contributed by atoms with van der Waals surface area (Å²) >= 11 is 1.62. The lowest BCUT2D eigenvalue weighted by atomic mass is 9.89. The molecule has 0 saturated carbocycles. The number of carbonyl (C=O) groups is 1. The maximum Gasteiger partial charge on any atom is 0.416 e. The van der Waals surface area contributed by atoms with Crippen molar-refractivity contribution < 1.29 is 18.0 Å². The van der Waals surface area contributed by atoms with Crippen molar-refractivity contribution in [1.29, 1.82) is 0 Å². The third-order valence-corrected chi connectivity index (χ3v) is 5.52. The van der Waals surface area contributed by atoms with Crippen molar-refractivity contribution in [1.82, 2.24) is 9.88 Å². The number of piperidine rings is 1. The van der Waals surface area contributed by atoms with Crippen LogP contribution in [-0.2, 0) is 12.6 Å². The van der Waals surface area contributed by atoms with Gasteiger partial charge in [0.05, 0.1) is 16.3 Å². The Kier molecular flexibility index (Phi) is 5.77. The number of hydrogen-bond acceptors (Lipinski definition) is 4. The average Bonchev–Trinajstić information content (AvgIpc) is 3.04. The molecule has 1 atom stereocenters. The third-order valence-electron chi connectivity index (χ3n) is 4.70. The van der Waals surface area contributed by atoms with Gasteiger partial charge in [-0.05, 0) is 38.4 Å². The van der Waals surface area contributed by atoms with E-state index in [0.717, 1.165) is 55.2 Å². The number of hydrogen-bond donors (Lipinski definition) is 0. The molecule has 1 aromatic heterocycles. The van der Waals surface area contributed by atoms with E-state index in [1.54, 1.807) is 11.3 Å². The van der Waals surface area contributed by atoms with Crippen molar-refractivity contribution >= 4 is 17.1 Å². The van der Waals surface area contributed by atoms with Crippen molar-refractivity contribution in [2.75, 3.05) is 19.6 Å². The molecule has 1 aliphatic rings. The van der Waals surface area contributed by atoms with Crippen LogP contribution in [0.2, 0.25) is 0 Å². The highest BCUT2D eigenvalue weighted by molar-refractivity contribution is 7.09. The van der Waals surface area contributed by atoms with E-state index < -0.39 is 11.7 Å². The molecule has 3 rings (SSSR count). The summed E-state index contributed by atoms with van der Waals surface area (Å²) in [5, 5.41) is 3.08. The van der Waals surface area contributed by atoms with Crippen LogP contribution in [0.25, 0.3) is 0 Å². The first kappa shape index (κ1) is 19.0. The topological polar surface area (TPSA) is 33.2 Å². The number of likely N-dealkylation sites (tertiary alicyclic amines) is 1. The van der Waals surface area contributed by atoms with E-state index in [4.69, 9.17) is 0 Å². The predicted molar refractivity (Wildman–Crippen MR) is 95.5 cm³/mol. The molecule has 0 amide bonds. The van der Waals surface area contributed by atoms with E-state index >= 15 is 0 Å². The van der Waals surface area contributed by atoms with Gasteiger partial charge in [0.15, 0.2) is 5.78 Å². The fourth-order valence-electron chi connectivity index (χ4n) is 3.35. The highest BCUT2D eigenvalue weighted by Gasteiger charge is 2.32. The molecule has 1 saturated heterocycles. The van der Waals surface area contributed by atoms with Crippen LogP contribution in [-0.4, -0.2) is 35.3 Å². The molecule has 0 bridgehead atoms. The maximum atomic E-state index is 12.9. The van der Waals surface area contributed by atoms with Crippen LogP contribution in [0, 0.1) is 12.8 Å². The minimum absolute atomic E-state index is 0.154. The summed E-state index contributed by atoms with van der Waals surface area (Å²) in [6.07, 6.45) is -2.00. The zero-order valence-electron chi connectivity index (χ0n) is 14.6. The summed E-state index contributed by atoms with van der Waals surface area (Å²) < 4.78 is 38.6. The van der Waals surface area contributed by atoms with Gasteiger partial charge in [-0.2, -0.15) is 13.2 Å². The van der Waals surface area contributed by atoms with Gasteiger partial charge in [-0.3, -0.25) is 4.79 Å². The number of ketones is 1. The Balaban J connectivity index is 1.62. The van der Waals surface area contributed by atoms with Gasteiger partial charge in [-0.1, -0.05) is 12.1 Å². The fourth-order valence-corrected chi connectivity index (χ4v) is 4.00. The Morgan fingerprint density at radius 1 is 1.38 bits per heavy atom. The molecular formula is C19H21F3N2OS. The van der Waals surface area contributed by atoms with E-state index in [1.807, 2.05) is 12.3 Å². The number of halogens is 3. The number of thiazole rings is 1. The van der Waals surface area contributed by atoms with E-state index in [1.165, 1.54) is 12.1 Å². The lowest BCUT2D eigenvalue weighted by Crippen LogP contribution is -2.39. The first-order valence-electron chi connectivity index (χ1n) is 8.68. The standard InChI is InChI=1S/C19H21F3N2OS/c1-13-23-17(12-26-13)7-9-24-8-3-5-15(11-24)18(25)14-4-2-6-16(10-14)19(20,21)22/h2,4,6,10,12,15H,3,5,7-9,11H2,1H3/t15-/m1/s1. The smallest absolute Gasteiger partial charge is 0.302 e. The summed E-state index contributed by atoms with van der Waals surface area (Å²) in [6.45, 7) is 4.29. The van der Waals surface area contributed by atoms with Crippen LogP contribution in [0.5, 0.6) is 0 Å². The number of aryl methyl sites for hydroxylation is 1. The molecule has 2 aromatic rings. The van der Waals surface area contributed by atoms with Gasteiger partial charge in [0.1, 0.15) is 0 Å². The second kappa shape index (κ2) is 7.88. The summed E-state index contributed by atoms with van der Waals surface area (Å²) in [5.74, 6) is -0.435. The predicted octanol–water partition coefficient (Wildman–Crippen LogP) is 4.61. The largest absolute Gasteiger partial charge is 0.416 e. The Morgan fingerprint density at radius 3 is 2.88 bits per heavy atom. The fraction of sp³-hybridized carbons (Fsp3) is 0.474. The van der Waals surface area contributed by atoms with Crippen LogP contribution in [0.3, 0.4) is 0 Å². The average molecular weight is 382 g/mol. The number of rotatable bonds is 5. The number of alkyl halides is 3. The molecule has 0 aliphatic carbocycles. The van der Waals surface area contributed by atoms with Crippen LogP contribution in [0.4, 0.5) is 13.2 Å². The lowest BCUT2D eigenvalue weighted by Gasteiger charge is -2.31. The van der Waals surface area contributed by atoms with Gasteiger partial charge in [-0.25, -0.2) is 4.98 Å². The van der Waals surface area contributed by atoms with Crippen molar-refractivity contribution in [2.45, 2.75) is 32.4 Å². The van der Waals surface area contributed by atoms with Crippen LogP contribution >= 0.6 is 11.3 Å². The SMILES string of the molecule is Cc1nc(CCN2CCC[C@@H](C(=O)c3cccc(C(F)(F)F)c3)C2)cs1. The molecular weight excluding hydrogens is 361 g/mol. The Morgan fingerprint density at radius 2 is 2.19 bits per heavy atom. The molecule has 0 N–H and O–H groups in total. The van der Waals surface area contributed by atoms with Crippen molar-refractivity contribution in [3.63, 3.8) is 0 Å². The maximum absolute atomic E-state index is 12.9. The van der Waals surface area contributed by atoms with Gasteiger partial charge in [-0.15, -0.1) is 11.3 Å². The Labute approximate surface area is 154 Å². The number of carbonyl (C=O) groups excluding carboxylic acids is 1. The molecule has 0 spiro atoms. The summed E-state index contributed by atoms with van der Waals surface area (Å²) in [4.78, 5) is 19.4. The molecule has 1 aliphatic heterocycles. The number of benzene rings is 1. The second-order valence-electron chi connectivity index (χ2n) is 6.69.